The minimum Gasteiger partial charge on any atom is -0.390 e. The van der Waals surface area contributed by atoms with Crippen LogP contribution in [0.1, 0.15) is 12.8 Å². The Hall–Kier alpha value is -1.63. The summed E-state index contributed by atoms with van der Waals surface area (Å²) >= 11 is 1.76. The molecule has 2 aromatic carbocycles. The van der Waals surface area contributed by atoms with Gasteiger partial charge < -0.3 is 9.67 Å². The van der Waals surface area contributed by atoms with Crippen LogP contribution in [0.3, 0.4) is 0 Å². The summed E-state index contributed by atoms with van der Waals surface area (Å²) in [5.74, 6) is 0.412. The number of hydrogen-bond acceptors (Lipinski definition) is 3. The SMILES string of the molecule is OC(CN1CCCCS1)Cn1c2cc(F)ccc2c2ccc(F)cc21. The Balaban J connectivity index is 1.70. The van der Waals surface area contributed by atoms with Crippen molar-refractivity contribution in [1.29, 1.82) is 0 Å². The number of aliphatic hydroxyl groups excluding tert-OH is 1. The summed E-state index contributed by atoms with van der Waals surface area (Å²) in [5, 5.41) is 12.3. The molecule has 1 saturated heterocycles. The highest BCUT2D eigenvalue weighted by molar-refractivity contribution is 7.97. The minimum absolute atomic E-state index is 0.309. The molecule has 25 heavy (non-hydrogen) atoms. The van der Waals surface area contributed by atoms with Gasteiger partial charge in [-0.3, -0.25) is 0 Å². The Morgan fingerprint density at radius 3 is 2.16 bits per heavy atom. The highest BCUT2D eigenvalue weighted by Gasteiger charge is 2.19. The maximum atomic E-state index is 13.8. The fourth-order valence-corrected chi connectivity index (χ4v) is 4.66. The predicted molar refractivity (Wildman–Crippen MR) is 98.6 cm³/mol. The molecule has 0 amide bonds. The minimum atomic E-state index is -0.601. The normalized spacial score (nSPS) is 17.4. The quantitative estimate of drug-likeness (QED) is 0.706. The van der Waals surface area contributed by atoms with Crippen LogP contribution in [0.2, 0.25) is 0 Å². The fraction of sp³-hybridized carbons (Fsp3) is 0.368. The molecule has 0 radical (unpaired) electrons. The van der Waals surface area contributed by atoms with Crippen molar-refractivity contribution >= 4 is 33.8 Å². The highest BCUT2D eigenvalue weighted by Crippen LogP contribution is 2.30. The third-order valence-corrected chi connectivity index (χ3v) is 5.84. The van der Waals surface area contributed by atoms with E-state index in [2.05, 4.69) is 4.31 Å². The summed E-state index contributed by atoms with van der Waals surface area (Å²) in [6, 6.07) is 9.17. The van der Waals surface area contributed by atoms with Gasteiger partial charge in [0, 0.05) is 29.6 Å². The molecule has 4 rings (SSSR count). The molecular formula is C19H20F2N2OS. The standard InChI is InChI=1S/C19H20F2N2OS/c20-13-3-5-16-17-6-4-14(21)10-19(17)23(18(16)9-13)12-15(24)11-22-7-1-2-8-25-22/h3-6,9-10,15,24H,1-2,7-8,11-12H2. The van der Waals surface area contributed by atoms with Crippen LogP contribution in [0.25, 0.3) is 21.8 Å². The van der Waals surface area contributed by atoms with Gasteiger partial charge in [0.15, 0.2) is 0 Å². The Morgan fingerprint density at radius 2 is 1.60 bits per heavy atom. The molecular weight excluding hydrogens is 342 g/mol. The zero-order valence-electron chi connectivity index (χ0n) is 13.8. The molecule has 1 N–H and O–H groups in total. The van der Waals surface area contributed by atoms with E-state index in [0.717, 1.165) is 29.5 Å². The van der Waals surface area contributed by atoms with E-state index in [1.165, 1.54) is 30.7 Å². The maximum absolute atomic E-state index is 13.8. The van der Waals surface area contributed by atoms with Crippen LogP contribution in [0, 0.1) is 11.6 Å². The van der Waals surface area contributed by atoms with Crippen LogP contribution in [-0.4, -0.2) is 38.9 Å². The summed E-state index contributed by atoms with van der Waals surface area (Å²) < 4.78 is 31.6. The van der Waals surface area contributed by atoms with E-state index in [-0.39, 0.29) is 11.6 Å². The molecule has 1 aliphatic heterocycles. The molecule has 1 fully saturated rings. The average molecular weight is 362 g/mol. The third-order valence-electron chi connectivity index (χ3n) is 4.67. The number of hydrogen-bond donors (Lipinski definition) is 1. The fourth-order valence-electron chi connectivity index (χ4n) is 3.53. The smallest absolute Gasteiger partial charge is 0.125 e. The molecule has 0 saturated carbocycles. The molecule has 1 atom stereocenters. The Kier molecular flexibility index (Phi) is 4.67. The van der Waals surface area contributed by atoms with Gasteiger partial charge in [0.1, 0.15) is 11.6 Å². The number of nitrogens with zero attached hydrogens (tertiary/aromatic N) is 2. The summed E-state index contributed by atoms with van der Waals surface area (Å²) in [4.78, 5) is 0. The van der Waals surface area contributed by atoms with Gasteiger partial charge in [0.2, 0.25) is 0 Å². The summed E-state index contributed by atoms with van der Waals surface area (Å²) in [5.41, 5.74) is 1.37. The summed E-state index contributed by atoms with van der Waals surface area (Å²) in [6.45, 7) is 1.83. The van der Waals surface area contributed by atoms with Crippen LogP contribution in [0.4, 0.5) is 8.78 Å². The molecule has 1 aliphatic rings. The lowest BCUT2D eigenvalue weighted by Gasteiger charge is -2.27. The van der Waals surface area contributed by atoms with E-state index in [1.807, 2.05) is 4.57 Å². The summed E-state index contributed by atoms with van der Waals surface area (Å²) in [7, 11) is 0. The van der Waals surface area contributed by atoms with Gasteiger partial charge in [-0.1, -0.05) is 11.9 Å². The van der Waals surface area contributed by atoms with E-state index in [9.17, 15) is 13.9 Å². The van der Waals surface area contributed by atoms with Gasteiger partial charge in [-0.05, 0) is 49.2 Å². The van der Waals surface area contributed by atoms with Crippen LogP contribution < -0.4 is 0 Å². The van der Waals surface area contributed by atoms with Crippen molar-refractivity contribution in [3.63, 3.8) is 0 Å². The molecule has 3 aromatic rings. The summed E-state index contributed by atoms with van der Waals surface area (Å²) in [6.07, 6.45) is 1.75. The van der Waals surface area contributed by atoms with E-state index < -0.39 is 6.10 Å². The van der Waals surface area contributed by atoms with Crippen molar-refractivity contribution in [1.82, 2.24) is 8.87 Å². The molecule has 1 unspecified atom stereocenters. The zero-order valence-corrected chi connectivity index (χ0v) is 14.6. The first-order valence-electron chi connectivity index (χ1n) is 8.55. The third kappa shape index (κ3) is 3.38. The van der Waals surface area contributed by atoms with Gasteiger partial charge in [-0.2, -0.15) is 0 Å². The molecule has 2 heterocycles. The number of fused-ring (bicyclic) bond motifs is 3. The van der Waals surface area contributed by atoms with Crippen molar-refractivity contribution in [3.05, 3.63) is 48.0 Å². The van der Waals surface area contributed by atoms with Gasteiger partial charge in [-0.25, -0.2) is 13.1 Å². The predicted octanol–water partition coefficient (Wildman–Crippen LogP) is 4.18. The monoisotopic (exact) mass is 362 g/mol. The number of β-amino-alcohol motifs (C(OH)–C–C–N with tert-alkyl or cyclic N) is 1. The van der Waals surface area contributed by atoms with E-state index in [0.29, 0.717) is 24.1 Å². The number of halogens is 2. The van der Waals surface area contributed by atoms with Crippen LogP contribution in [0.5, 0.6) is 0 Å². The number of aromatic nitrogens is 1. The number of rotatable bonds is 4. The van der Waals surface area contributed by atoms with Crippen molar-refractivity contribution < 1.29 is 13.9 Å². The Morgan fingerprint density at radius 1 is 0.960 bits per heavy atom. The first-order valence-corrected chi connectivity index (χ1v) is 9.49. The second kappa shape index (κ2) is 6.94. The maximum Gasteiger partial charge on any atom is 0.125 e. The highest BCUT2D eigenvalue weighted by atomic mass is 32.2. The molecule has 0 bridgehead atoms. The molecule has 3 nitrogen and oxygen atoms in total. The van der Waals surface area contributed by atoms with Crippen LogP contribution >= 0.6 is 11.9 Å². The average Bonchev–Trinajstić information content (AvgIpc) is 2.88. The number of benzene rings is 2. The first-order chi connectivity index (χ1) is 12.1. The molecule has 0 aliphatic carbocycles. The lowest BCUT2D eigenvalue weighted by atomic mass is 10.1. The lowest BCUT2D eigenvalue weighted by molar-refractivity contribution is 0.132. The van der Waals surface area contributed by atoms with Crippen molar-refractivity contribution in [3.8, 4) is 0 Å². The molecule has 6 heteroatoms. The largest absolute Gasteiger partial charge is 0.390 e. The van der Waals surface area contributed by atoms with Crippen molar-refractivity contribution in [2.75, 3.05) is 18.8 Å². The molecule has 0 spiro atoms. The first kappa shape index (κ1) is 16.8. The Labute approximate surface area is 149 Å². The van der Waals surface area contributed by atoms with Gasteiger partial charge >= 0.3 is 0 Å². The van der Waals surface area contributed by atoms with Gasteiger partial charge in [0.05, 0.1) is 23.7 Å². The number of aliphatic hydroxyl groups is 1. The van der Waals surface area contributed by atoms with Crippen LogP contribution in [0.15, 0.2) is 36.4 Å². The Bertz CT molecular complexity index is 846. The van der Waals surface area contributed by atoms with E-state index in [4.69, 9.17) is 0 Å². The second-order valence-corrected chi connectivity index (χ2v) is 7.70. The van der Waals surface area contributed by atoms with Crippen molar-refractivity contribution in [2.24, 2.45) is 0 Å². The van der Waals surface area contributed by atoms with Crippen LogP contribution in [-0.2, 0) is 6.54 Å². The zero-order chi connectivity index (χ0) is 17.4. The van der Waals surface area contributed by atoms with E-state index >= 15 is 0 Å². The van der Waals surface area contributed by atoms with E-state index in [1.54, 1.807) is 24.1 Å². The lowest BCUT2D eigenvalue weighted by Crippen LogP contribution is -2.33. The van der Waals surface area contributed by atoms with Gasteiger partial charge in [0.25, 0.3) is 0 Å². The molecule has 1 aromatic heterocycles. The van der Waals surface area contributed by atoms with Crippen molar-refractivity contribution in [2.45, 2.75) is 25.5 Å². The van der Waals surface area contributed by atoms with Gasteiger partial charge in [-0.15, -0.1) is 0 Å². The topological polar surface area (TPSA) is 28.4 Å². The molecule has 132 valence electrons. The second-order valence-electron chi connectivity index (χ2n) is 6.52.